The van der Waals surface area contributed by atoms with E-state index in [1.165, 1.54) is 12.8 Å². The zero-order valence-electron chi connectivity index (χ0n) is 11.8. The summed E-state index contributed by atoms with van der Waals surface area (Å²) in [7, 11) is 0. The van der Waals surface area contributed by atoms with Crippen LogP contribution in [0.15, 0.2) is 0 Å². The first-order valence-electron chi connectivity index (χ1n) is 7.57. The Bertz CT molecular complexity index is 486. The molecule has 6 heteroatoms. The number of nitrogens with zero attached hydrogens (tertiary/aromatic N) is 4. The van der Waals surface area contributed by atoms with E-state index < -0.39 is 5.97 Å². The van der Waals surface area contributed by atoms with Gasteiger partial charge in [0, 0.05) is 25.9 Å². The summed E-state index contributed by atoms with van der Waals surface area (Å²) >= 11 is 0. The van der Waals surface area contributed by atoms with Gasteiger partial charge in [-0.1, -0.05) is 0 Å². The molecule has 0 aliphatic carbocycles. The van der Waals surface area contributed by atoms with Crippen LogP contribution in [0.3, 0.4) is 0 Å². The standard InChI is InChI=1S/C14H22N4O2/c19-14(20)8-11-4-3-6-17(9-11)10-13-16-15-12-5-1-2-7-18(12)13/h11H,1-10H2,(H,19,20). The number of carboxylic acid groups (broad SMARTS) is 1. The van der Waals surface area contributed by atoms with Crippen LogP contribution < -0.4 is 0 Å². The lowest BCUT2D eigenvalue weighted by molar-refractivity contribution is -0.138. The predicted octanol–water partition coefficient (Wildman–Crippen LogP) is 1.30. The molecule has 2 aliphatic rings. The Morgan fingerprint density at radius 2 is 2.15 bits per heavy atom. The molecule has 110 valence electrons. The van der Waals surface area contributed by atoms with Crippen molar-refractivity contribution in [1.82, 2.24) is 19.7 Å². The van der Waals surface area contributed by atoms with Crippen LogP contribution in [0.1, 0.15) is 43.8 Å². The van der Waals surface area contributed by atoms with E-state index in [1.54, 1.807) is 0 Å². The molecule has 0 radical (unpaired) electrons. The van der Waals surface area contributed by atoms with Gasteiger partial charge in [0.1, 0.15) is 11.6 Å². The van der Waals surface area contributed by atoms with Gasteiger partial charge in [0.15, 0.2) is 0 Å². The van der Waals surface area contributed by atoms with Crippen LogP contribution in [0.5, 0.6) is 0 Å². The molecular formula is C14H22N4O2. The molecule has 1 saturated heterocycles. The fourth-order valence-corrected chi connectivity index (χ4v) is 3.39. The summed E-state index contributed by atoms with van der Waals surface area (Å²) in [5.41, 5.74) is 0. The summed E-state index contributed by atoms with van der Waals surface area (Å²) in [6, 6.07) is 0. The largest absolute Gasteiger partial charge is 0.481 e. The SMILES string of the molecule is O=C(O)CC1CCCN(Cc2nnc3n2CCCC3)C1. The van der Waals surface area contributed by atoms with E-state index >= 15 is 0 Å². The second kappa shape index (κ2) is 5.91. The molecule has 0 amide bonds. The summed E-state index contributed by atoms with van der Waals surface area (Å²) in [6.45, 7) is 3.75. The van der Waals surface area contributed by atoms with Crippen molar-refractivity contribution in [2.45, 2.75) is 51.6 Å². The van der Waals surface area contributed by atoms with Crippen molar-refractivity contribution in [1.29, 1.82) is 0 Å². The summed E-state index contributed by atoms with van der Waals surface area (Å²) < 4.78 is 2.25. The highest BCUT2D eigenvalue weighted by molar-refractivity contribution is 5.67. The van der Waals surface area contributed by atoms with Gasteiger partial charge in [0.2, 0.25) is 0 Å². The molecule has 0 saturated carbocycles. The first-order valence-corrected chi connectivity index (χ1v) is 7.57. The topological polar surface area (TPSA) is 71.2 Å². The Morgan fingerprint density at radius 3 is 3.00 bits per heavy atom. The molecule has 2 aliphatic heterocycles. The van der Waals surface area contributed by atoms with Crippen LogP contribution in [0, 0.1) is 5.92 Å². The van der Waals surface area contributed by atoms with E-state index in [9.17, 15) is 4.79 Å². The number of rotatable bonds is 4. The lowest BCUT2D eigenvalue weighted by atomic mass is 9.95. The Kier molecular flexibility index (Phi) is 4.00. The van der Waals surface area contributed by atoms with E-state index in [-0.39, 0.29) is 12.3 Å². The minimum Gasteiger partial charge on any atom is -0.481 e. The van der Waals surface area contributed by atoms with Crippen LogP contribution in [0.2, 0.25) is 0 Å². The van der Waals surface area contributed by atoms with Gasteiger partial charge in [-0.3, -0.25) is 9.69 Å². The maximum Gasteiger partial charge on any atom is 0.303 e. The molecule has 3 heterocycles. The van der Waals surface area contributed by atoms with Crippen LogP contribution in [0.25, 0.3) is 0 Å². The summed E-state index contributed by atoms with van der Waals surface area (Å²) in [6.07, 6.45) is 5.85. The fourth-order valence-electron chi connectivity index (χ4n) is 3.39. The van der Waals surface area contributed by atoms with Crippen LogP contribution in [-0.2, 0) is 24.3 Å². The average molecular weight is 278 g/mol. The van der Waals surface area contributed by atoms with Crippen molar-refractivity contribution in [2.24, 2.45) is 5.92 Å². The quantitative estimate of drug-likeness (QED) is 0.899. The maximum atomic E-state index is 10.8. The van der Waals surface area contributed by atoms with Gasteiger partial charge in [0.25, 0.3) is 0 Å². The van der Waals surface area contributed by atoms with Gasteiger partial charge < -0.3 is 9.67 Å². The van der Waals surface area contributed by atoms with Gasteiger partial charge in [-0.25, -0.2) is 0 Å². The minimum atomic E-state index is -0.684. The lowest BCUT2D eigenvalue weighted by Gasteiger charge is -2.31. The maximum absolute atomic E-state index is 10.8. The van der Waals surface area contributed by atoms with E-state index in [2.05, 4.69) is 19.7 Å². The van der Waals surface area contributed by atoms with Crippen molar-refractivity contribution in [3.63, 3.8) is 0 Å². The van der Waals surface area contributed by atoms with Crippen LogP contribution in [0.4, 0.5) is 0 Å². The molecular weight excluding hydrogens is 256 g/mol. The molecule has 1 unspecified atom stereocenters. The molecule has 20 heavy (non-hydrogen) atoms. The van der Waals surface area contributed by atoms with Gasteiger partial charge in [-0.15, -0.1) is 10.2 Å². The average Bonchev–Trinajstić information content (AvgIpc) is 2.82. The molecule has 6 nitrogen and oxygen atoms in total. The molecule has 1 fully saturated rings. The van der Waals surface area contributed by atoms with Crippen molar-refractivity contribution in [3.05, 3.63) is 11.6 Å². The molecule has 1 N–H and O–H groups in total. The van der Waals surface area contributed by atoms with Crippen molar-refractivity contribution < 1.29 is 9.90 Å². The van der Waals surface area contributed by atoms with Crippen molar-refractivity contribution in [2.75, 3.05) is 13.1 Å². The number of piperidine rings is 1. The first-order chi connectivity index (χ1) is 9.72. The van der Waals surface area contributed by atoms with E-state index in [1.807, 2.05) is 0 Å². The minimum absolute atomic E-state index is 0.282. The second-order valence-corrected chi connectivity index (χ2v) is 5.98. The summed E-state index contributed by atoms with van der Waals surface area (Å²) in [5.74, 6) is 1.77. The first kappa shape index (κ1) is 13.5. The third-order valence-electron chi connectivity index (χ3n) is 4.37. The normalized spacial score (nSPS) is 23.5. The lowest BCUT2D eigenvalue weighted by Crippen LogP contribution is -2.36. The van der Waals surface area contributed by atoms with Crippen molar-refractivity contribution >= 4 is 5.97 Å². The number of aryl methyl sites for hydroxylation is 1. The Morgan fingerprint density at radius 1 is 1.25 bits per heavy atom. The summed E-state index contributed by atoms with van der Waals surface area (Å²) in [4.78, 5) is 13.2. The number of carbonyl (C=O) groups is 1. The smallest absolute Gasteiger partial charge is 0.303 e. The number of fused-ring (bicyclic) bond motifs is 1. The second-order valence-electron chi connectivity index (χ2n) is 5.98. The van der Waals surface area contributed by atoms with E-state index in [0.717, 1.165) is 57.1 Å². The van der Waals surface area contributed by atoms with E-state index in [0.29, 0.717) is 0 Å². The van der Waals surface area contributed by atoms with Crippen LogP contribution >= 0.6 is 0 Å². The molecule has 1 aromatic heterocycles. The highest BCUT2D eigenvalue weighted by Gasteiger charge is 2.24. The number of aliphatic carboxylic acids is 1. The van der Waals surface area contributed by atoms with Crippen molar-refractivity contribution in [3.8, 4) is 0 Å². The van der Waals surface area contributed by atoms with E-state index in [4.69, 9.17) is 5.11 Å². The number of aromatic nitrogens is 3. The number of carboxylic acids is 1. The zero-order valence-corrected chi connectivity index (χ0v) is 11.8. The molecule has 0 bridgehead atoms. The van der Waals surface area contributed by atoms with Gasteiger partial charge in [-0.05, 0) is 38.1 Å². The molecule has 1 aromatic rings. The third-order valence-corrected chi connectivity index (χ3v) is 4.37. The highest BCUT2D eigenvalue weighted by Crippen LogP contribution is 2.22. The summed E-state index contributed by atoms with van der Waals surface area (Å²) in [5, 5.41) is 17.5. The Hall–Kier alpha value is -1.43. The molecule has 3 rings (SSSR count). The van der Waals surface area contributed by atoms with Gasteiger partial charge in [-0.2, -0.15) is 0 Å². The predicted molar refractivity (Wildman–Crippen MR) is 73.2 cm³/mol. The fraction of sp³-hybridized carbons (Fsp3) is 0.786. The zero-order chi connectivity index (χ0) is 13.9. The molecule has 1 atom stereocenters. The molecule has 0 spiro atoms. The monoisotopic (exact) mass is 278 g/mol. The molecule has 0 aromatic carbocycles. The third kappa shape index (κ3) is 3.00. The van der Waals surface area contributed by atoms with Crippen LogP contribution in [-0.4, -0.2) is 43.8 Å². The Labute approximate surface area is 118 Å². The highest BCUT2D eigenvalue weighted by atomic mass is 16.4. The number of hydrogen-bond donors (Lipinski definition) is 1. The number of likely N-dealkylation sites (tertiary alicyclic amines) is 1. The van der Waals surface area contributed by atoms with Gasteiger partial charge >= 0.3 is 5.97 Å². The number of hydrogen-bond acceptors (Lipinski definition) is 4. The van der Waals surface area contributed by atoms with Gasteiger partial charge in [0.05, 0.1) is 6.54 Å². The Balaban J connectivity index is 1.62.